The number of phenolic OH excluding ortho intramolecular Hbond substituents is 4. The van der Waals surface area contributed by atoms with Crippen molar-refractivity contribution in [3.8, 4) is 80.1 Å². The summed E-state index contributed by atoms with van der Waals surface area (Å²) in [6.45, 7) is 1.13. The number of hydrogen-bond donors (Lipinski definition) is 21. The zero-order valence-electron chi connectivity index (χ0n) is 64.6. The summed E-state index contributed by atoms with van der Waals surface area (Å²) in [6, 6.07) is 6.38. The van der Waals surface area contributed by atoms with Crippen LogP contribution in [0.15, 0.2) is 121 Å². The number of carboxylic acids is 2. The van der Waals surface area contributed by atoms with Gasteiger partial charge >= 0.3 is 11.9 Å². The normalized spacial score (nSPS) is 26.6. The molecule has 2 saturated heterocycles. The Morgan fingerprint density at radius 2 is 1.11 bits per heavy atom. The molecular formula is C83H89ClN8O29. The number of likely N-dealkylation sites (N-methyl/N-ethyl adjacent to an activating group) is 1. The van der Waals surface area contributed by atoms with Crippen molar-refractivity contribution in [1.82, 2.24) is 42.5 Å². The van der Waals surface area contributed by atoms with Crippen LogP contribution in [0, 0.1) is 0 Å². The number of benzene rings is 7. The standard InChI is InChI=1S/C83H89ClN8O29/c1-3-4-5-6-7-8-9-10-11-12-56(98)87-65-68(101)70(103)73(81(113)114)121-82(65)120-72-53-28-39-29-54(72)116-42-21-15-36(16-22-42)66(99)64-79(110)91-63(80(111)112)45-30-40(94)31-52(118-83-71(104)69(102)67(100)55(34-93)119-83)57(45)44-26-37(17-23-48(44)95)60(76(107)92-64)88-77(108)61(39)89-78(109)62-46-32-43(33-50(97)58(46)84)117-51-27-38(18-24-49(51)96)59(85-2)75(106)86-47(74(105)90-62)25-35-13-19-41(115-53)20-14-35/h13-24,26-33,47,55,59-71,73,82-83,85,93-97,99-104H,3-12,25,34H2,1-2H3,(H,86,106)(H,87,98)(H,88,108)(H,89,109)(H,90,105)(H,91,110)(H,92,107)(H,111,112)(H,113,114)/t47?,55-,59?,60?,61?,62?,63?,64?,65-,66?,67-,68-,69+,70+,71+,73+,82-,83+/m1/s1. The first-order valence-electron chi connectivity index (χ1n) is 38.9. The third-order valence-electron chi connectivity index (χ3n) is 21.6. The van der Waals surface area contributed by atoms with Gasteiger partial charge in [0.1, 0.15) is 125 Å². The summed E-state index contributed by atoms with van der Waals surface area (Å²) in [5, 5.41) is 168. The summed E-state index contributed by atoms with van der Waals surface area (Å²) in [7, 11) is 1.42. The van der Waals surface area contributed by atoms with Gasteiger partial charge in [-0.2, -0.15) is 0 Å². The molecule has 0 aromatic heterocycles. The molecule has 21 N–H and O–H groups in total. The summed E-state index contributed by atoms with van der Waals surface area (Å²) >= 11 is 7.00. The number of carbonyl (C=O) groups is 9. The number of ether oxygens (including phenoxy) is 7. The van der Waals surface area contributed by atoms with E-state index in [0.717, 1.165) is 99.5 Å². The van der Waals surface area contributed by atoms with Crippen LogP contribution in [0.3, 0.4) is 0 Å². The molecule has 0 saturated carbocycles. The number of fused-ring (bicyclic) bond motifs is 14. The van der Waals surface area contributed by atoms with Crippen molar-refractivity contribution in [2.24, 2.45) is 0 Å². The predicted molar refractivity (Wildman–Crippen MR) is 419 cm³/mol. The van der Waals surface area contributed by atoms with Gasteiger partial charge in [0, 0.05) is 47.2 Å². The van der Waals surface area contributed by atoms with Crippen LogP contribution >= 0.6 is 11.6 Å². The number of carbonyl (C=O) groups excluding carboxylic acids is 7. The molecule has 7 aromatic carbocycles. The van der Waals surface area contributed by atoms with Crippen molar-refractivity contribution < 1.29 is 143 Å². The Morgan fingerprint density at radius 3 is 1.76 bits per heavy atom. The third kappa shape index (κ3) is 18.9. The highest BCUT2D eigenvalue weighted by atomic mass is 35.5. The fourth-order valence-electron chi connectivity index (χ4n) is 15.2. The highest BCUT2D eigenvalue weighted by molar-refractivity contribution is 6.33. The Bertz CT molecular complexity index is 5100. The van der Waals surface area contributed by atoms with Gasteiger partial charge in [-0.05, 0) is 114 Å². The van der Waals surface area contributed by atoms with Gasteiger partial charge in [0.2, 0.25) is 59.7 Å². The molecular weight excluding hydrogens is 1610 g/mol. The molecule has 8 aliphatic rings. The highest BCUT2D eigenvalue weighted by Crippen LogP contribution is 2.50. The maximum absolute atomic E-state index is 16.6. The van der Waals surface area contributed by atoms with Crippen LogP contribution in [0.2, 0.25) is 5.02 Å². The molecule has 17 bridgehead atoms. The lowest BCUT2D eigenvalue weighted by Crippen LogP contribution is -2.66. The van der Waals surface area contributed by atoms with Crippen molar-refractivity contribution in [2.45, 2.75) is 187 Å². The average Bonchev–Trinajstić information content (AvgIpc) is 0.735. The SMILES string of the molecule is CCCCCCCCCCCC(=O)N[C@H]1[C@H](Oc2c3cc4cc2Oc2ccc(cc2)C(O)C2NC(=O)C(NC(=O)C4NC(=O)C4NC(=O)C(Cc5ccc(cc5)O3)NC(=O)C(NC)c3ccc(O)c(c3)Oc3cc(O)c(Cl)c4c3)c3ccc(O)c(c3)-c3c(O[C@H]4O[C@H](CO)[C@@H](O)[C@H](O)[C@@H]4O)cc(O)cc3C(C(=O)O)NC2=O)O[C@H](C(=O)O)[C@@H](O)[C@@H]1O. The van der Waals surface area contributed by atoms with E-state index >= 15 is 24.0 Å². The van der Waals surface area contributed by atoms with Gasteiger partial charge in [0.25, 0.3) is 0 Å². The molecule has 8 unspecified atom stereocenters. The van der Waals surface area contributed by atoms with Crippen molar-refractivity contribution in [2.75, 3.05) is 13.7 Å². The third-order valence-corrected chi connectivity index (χ3v) is 22.1. The van der Waals surface area contributed by atoms with Crippen LogP contribution < -0.4 is 66.2 Å². The lowest BCUT2D eigenvalue weighted by atomic mass is 9.89. The van der Waals surface area contributed by atoms with Crippen LogP contribution in [-0.4, -0.2) is 207 Å². The summed E-state index contributed by atoms with van der Waals surface area (Å²) in [5.41, 5.74) is -3.02. The number of hydrogen-bond acceptors (Lipinski definition) is 28. The fourth-order valence-corrected chi connectivity index (χ4v) is 15.4. The number of nitrogens with one attached hydrogen (secondary N) is 8. The number of aliphatic hydroxyl groups excluding tert-OH is 7. The molecule has 121 heavy (non-hydrogen) atoms. The average molecular weight is 1700 g/mol. The summed E-state index contributed by atoms with van der Waals surface area (Å²) < 4.78 is 44.0. The molecule has 2 fully saturated rings. The number of unbranched alkanes of at least 4 members (excludes halogenated alkanes) is 8. The Morgan fingerprint density at radius 1 is 0.512 bits per heavy atom. The van der Waals surface area contributed by atoms with E-state index in [-0.39, 0.29) is 40.5 Å². The first kappa shape index (κ1) is 86.7. The molecule has 7 aromatic rings. The topological polar surface area (TPSA) is 577 Å². The molecule has 18 atom stereocenters. The van der Waals surface area contributed by atoms with E-state index in [9.17, 15) is 85.6 Å². The van der Waals surface area contributed by atoms with Crippen molar-refractivity contribution in [3.05, 3.63) is 165 Å². The minimum Gasteiger partial charge on any atom is -0.508 e. The molecule has 0 radical (unpaired) electrons. The quantitative estimate of drug-likeness (QED) is 0.0513. The van der Waals surface area contributed by atoms with Crippen molar-refractivity contribution >= 4 is 64.9 Å². The van der Waals surface area contributed by atoms with Gasteiger partial charge in [0.05, 0.1) is 11.6 Å². The first-order chi connectivity index (χ1) is 57.9. The van der Waals surface area contributed by atoms with E-state index in [2.05, 4.69) is 49.5 Å². The molecule has 37 nitrogen and oxygen atoms in total. The number of halogens is 1. The lowest BCUT2D eigenvalue weighted by Gasteiger charge is -2.41. The summed E-state index contributed by atoms with van der Waals surface area (Å²) in [4.78, 5) is 135. The molecule has 38 heteroatoms. The van der Waals surface area contributed by atoms with Crippen LogP contribution in [0.5, 0.6) is 69.0 Å². The van der Waals surface area contributed by atoms with E-state index in [4.69, 9.17) is 44.8 Å². The zero-order valence-corrected chi connectivity index (χ0v) is 65.4. The molecule has 15 rings (SSSR count). The largest absolute Gasteiger partial charge is 0.508 e. The molecule has 0 aliphatic carbocycles. The monoisotopic (exact) mass is 1700 g/mol. The van der Waals surface area contributed by atoms with E-state index < -0.39 is 260 Å². The first-order valence-corrected chi connectivity index (χ1v) is 39.3. The summed E-state index contributed by atoms with van der Waals surface area (Å²) in [5.74, 6) is -18.9. The lowest BCUT2D eigenvalue weighted by molar-refractivity contribution is -0.277. The molecule has 0 spiro atoms. The zero-order chi connectivity index (χ0) is 86.5. The van der Waals surface area contributed by atoms with Gasteiger partial charge in [-0.15, -0.1) is 0 Å². The molecule has 7 amide bonds. The number of amides is 7. The van der Waals surface area contributed by atoms with Gasteiger partial charge in [-0.25, -0.2) is 9.59 Å². The van der Waals surface area contributed by atoms with Crippen molar-refractivity contribution in [3.63, 3.8) is 0 Å². The van der Waals surface area contributed by atoms with Gasteiger partial charge < -0.3 is 142 Å². The number of aromatic hydroxyl groups is 4. The Hall–Kier alpha value is -12.1. The molecule has 8 aliphatic heterocycles. The minimum atomic E-state index is -2.43. The second-order valence-electron chi connectivity index (χ2n) is 30.0. The second kappa shape index (κ2) is 37.2. The predicted octanol–water partition coefficient (Wildman–Crippen LogP) is 3.68. The molecule has 8 heterocycles. The van der Waals surface area contributed by atoms with E-state index in [1.807, 2.05) is 0 Å². The maximum atomic E-state index is 16.6. The molecule has 642 valence electrons. The van der Waals surface area contributed by atoms with Crippen LogP contribution in [0.25, 0.3) is 11.1 Å². The van der Waals surface area contributed by atoms with Gasteiger partial charge in [0.15, 0.2) is 35.1 Å². The van der Waals surface area contributed by atoms with Crippen LogP contribution in [0.4, 0.5) is 0 Å². The van der Waals surface area contributed by atoms with Gasteiger partial charge in [-0.1, -0.05) is 106 Å². The number of carboxylic acid groups (broad SMARTS) is 2. The van der Waals surface area contributed by atoms with E-state index in [1.54, 1.807) is 0 Å². The smallest absolute Gasteiger partial charge is 0.335 e. The van der Waals surface area contributed by atoms with Gasteiger partial charge in [-0.3, -0.25) is 33.6 Å². The van der Waals surface area contributed by atoms with Crippen molar-refractivity contribution in [1.29, 1.82) is 0 Å². The summed E-state index contributed by atoms with van der Waals surface area (Å²) in [6.07, 6.45) is -13.7. The minimum absolute atomic E-state index is 0.127. The maximum Gasteiger partial charge on any atom is 0.335 e. The Kier molecular flexibility index (Phi) is 26.7. The van der Waals surface area contributed by atoms with Crippen LogP contribution in [0.1, 0.15) is 146 Å². The Labute approximate surface area is 693 Å². The van der Waals surface area contributed by atoms with Crippen LogP contribution in [-0.2, 0) is 59.0 Å². The van der Waals surface area contributed by atoms with E-state index in [1.165, 1.54) is 73.8 Å². The number of aliphatic carboxylic acids is 2. The second-order valence-corrected chi connectivity index (χ2v) is 30.4. The van der Waals surface area contributed by atoms with E-state index in [0.29, 0.717) is 18.4 Å². The number of phenols is 4. The fraction of sp³-hybridized carbons (Fsp3) is 0.386. The highest BCUT2D eigenvalue weighted by Gasteiger charge is 2.51. The Balaban J connectivity index is 1.03. The number of rotatable bonds is 19. The number of aliphatic hydroxyl groups is 7.